The molecular weight excluding hydrogens is 540 g/mol. The standard InChI is InChI=1S/C30H42N6O6/c1-4-18(2)27(36-29(41)25(34-19(3)37)15-20-9-11-23(38)12-10-20)30(42)35-24(13-14-26(32)39)28(40)33-17-22-7-5-21(16-31)6-8-22/h5-12,18,24-25,27,38H,4,13-17,31H2,1-3H3,(H2,32,39)(H,33,40)(H,34,37)(H,35,42)(H,36,41)/t18?,24-,25-,27-/m0/s1. The van der Waals surface area contributed by atoms with Crippen molar-refractivity contribution in [3.05, 3.63) is 65.2 Å². The molecule has 1 unspecified atom stereocenters. The first kappa shape index (κ1) is 33.8. The van der Waals surface area contributed by atoms with E-state index in [4.69, 9.17) is 11.5 Å². The van der Waals surface area contributed by atoms with Crippen LogP contribution in [0, 0.1) is 5.92 Å². The van der Waals surface area contributed by atoms with Gasteiger partial charge in [-0.25, -0.2) is 0 Å². The summed E-state index contributed by atoms with van der Waals surface area (Å²) in [6.45, 7) is 5.50. The third-order valence-corrected chi connectivity index (χ3v) is 6.90. The Labute approximate surface area is 246 Å². The highest BCUT2D eigenvalue weighted by molar-refractivity contribution is 5.94. The molecule has 9 N–H and O–H groups in total. The molecule has 0 radical (unpaired) electrons. The summed E-state index contributed by atoms with van der Waals surface area (Å²) in [4.78, 5) is 63.2. The number of primary amides is 1. The van der Waals surface area contributed by atoms with E-state index in [9.17, 15) is 29.1 Å². The third kappa shape index (κ3) is 11.2. The Morgan fingerprint density at radius 3 is 1.95 bits per heavy atom. The molecule has 0 aromatic heterocycles. The molecule has 42 heavy (non-hydrogen) atoms. The van der Waals surface area contributed by atoms with E-state index < -0.39 is 47.7 Å². The minimum Gasteiger partial charge on any atom is -0.508 e. The zero-order valence-corrected chi connectivity index (χ0v) is 24.3. The van der Waals surface area contributed by atoms with E-state index in [1.54, 1.807) is 19.1 Å². The minimum absolute atomic E-state index is 0.0322. The van der Waals surface area contributed by atoms with Crippen molar-refractivity contribution in [3.63, 3.8) is 0 Å². The predicted octanol–water partition coefficient (Wildman–Crippen LogP) is 0.496. The molecule has 2 aromatic rings. The van der Waals surface area contributed by atoms with Crippen molar-refractivity contribution in [1.29, 1.82) is 0 Å². The SMILES string of the molecule is CCC(C)[C@H](NC(=O)[C@H](Cc1ccc(O)cc1)NC(C)=O)C(=O)N[C@@H](CCC(N)=O)C(=O)NCc1ccc(CN)cc1. The fraction of sp³-hybridized carbons (Fsp3) is 0.433. The lowest BCUT2D eigenvalue weighted by molar-refractivity contribution is -0.134. The van der Waals surface area contributed by atoms with Gasteiger partial charge in [-0.1, -0.05) is 56.7 Å². The van der Waals surface area contributed by atoms with Gasteiger partial charge in [0, 0.05) is 32.9 Å². The van der Waals surface area contributed by atoms with E-state index in [1.807, 2.05) is 31.2 Å². The minimum atomic E-state index is -1.08. The van der Waals surface area contributed by atoms with Crippen LogP contribution in [0.25, 0.3) is 0 Å². The molecule has 2 aromatic carbocycles. The number of phenolic OH excluding ortho intramolecular Hbond substituents is 1. The van der Waals surface area contributed by atoms with Crippen molar-refractivity contribution in [3.8, 4) is 5.75 Å². The maximum Gasteiger partial charge on any atom is 0.243 e. The Balaban J connectivity index is 2.17. The lowest BCUT2D eigenvalue weighted by atomic mass is 9.96. The van der Waals surface area contributed by atoms with Gasteiger partial charge in [0.15, 0.2) is 0 Å². The number of amides is 5. The highest BCUT2D eigenvalue weighted by atomic mass is 16.3. The quantitative estimate of drug-likeness (QED) is 0.149. The molecule has 0 heterocycles. The van der Waals surface area contributed by atoms with Crippen molar-refractivity contribution in [2.45, 2.75) is 77.7 Å². The van der Waals surface area contributed by atoms with Crippen molar-refractivity contribution in [2.75, 3.05) is 0 Å². The summed E-state index contributed by atoms with van der Waals surface area (Å²) in [5, 5.41) is 20.3. The monoisotopic (exact) mass is 582 g/mol. The highest BCUT2D eigenvalue weighted by Crippen LogP contribution is 2.14. The molecule has 2 rings (SSSR count). The molecule has 0 fully saturated rings. The summed E-state index contributed by atoms with van der Waals surface area (Å²) in [6, 6.07) is 10.5. The van der Waals surface area contributed by atoms with Crippen LogP contribution in [0.3, 0.4) is 0 Å². The maximum atomic E-state index is 13.5. The molecular formula is C30H42N6O6. The van der Waals surface area contributed by atoms with Gasteiger partial charge in [0.25, 0.3) is 0 Å². The summed E-state index contributed by atoms with van der Waals surface area (Å²) in [7, 11) is 0. The zero-order chi connectivity index (χ0) is 31.2. The molecule has 0 saturated carbocycles. The summed E-state index contributed by atoms with van der Waals surface area (Å²) in [5.74, 6) is -3.03. The lowest BCUT2D eigenvalue weighted by Gasteiger charge is -2.28. The van der Waals surface area contributed by atoms with E-state index in [0.29, 0.717) is 18.5 Å². The molecule has 5 amide bonds. The van der Waals surface area contributed by atoms with E-state index in [0.717, 1.165) is 11.1 Å². The van der Waals surface area contributed by atoms with Gasteiger partial charge in [-0.05, 0) is 41.2 Å². The molecule has 228 valence electrons. The second-order valence-electron chi connectivity index (χ2n) is 10.3. The summed E-state index contributed by atoms with van der Waals surface area (Å²) >= 11 is 0. The fourth-order valence-corrected chi connectivity index (χ4v) is 4.20. The third-order valence-electron chi connectivity index (χ3n) is 6.90. The van der Waals surface area contributed by atoms with E-state index in [-0.39, 0.29) is 37.5 Å². The Morgan fingerprint density at radius 2 is 1.40 bits per heavy atom. The van der Waals surface area contributed by atoms with Crippen LogP contribution in [0.1, 0.15) is 56.7 Å². The number of hydrogen-bond acceptors (Lipinski definition) is 7. The number of rotatable bonds is 16. The number of nitrogens with one attached hydrogen (secondary N) is 4. The number of aromatic hydroxyl groups is 1. The van der Waals surface area contributed by atoms with Gasteiger partial charge in [-0.3, -0.25) is 24.0 Å². The summed E-state index contributed by atoms with van der Waals surface area (Å²) < 4.78 is 0. The van der Waals surface area contributed by atoms with Crippen LogP contribution in [0.2, 0.25) is 0 Å². The first-order chi connectivity index (χ1) is 19.9. The second kappa shape index (κ2) is 16.7. The van der Waals surface area contributed by atoms with Crippen molar-refractivity contribution >= 4 is 29.5 Å². The van der Waals surface area contributed by atoms with E-state index in [2.05, 4.69) is 21.3 Å². The van der Waals surface area contributed by atoms with Crippen LogP contribution >= 0.6 is 0 Å². The molecule has 4 atom stereocenters. The molecule has 0 bridgehead atoms. The van der Waals surface area contributed by atoms with Gasteiger partial charge in [-0.15, -0.1) is 0 Å². The topological polar surface area (TPSA) is 206 Å². The largest absolute Gasteiger partial charge is 0.508 e. The van der Waals surface area contributed by atoms with Gasteiger partial charge >= 0.3 is 0 Å². The predicted molar refractivity (Wildman–Crippen MR) is 157 cm³/mol. The number of carbonyl (C=O) groups is 5. The fourth-order valence-electron chi connectivity index (χ4n) is 4.20. The summed E-state index contributed by atoms with van der Waals surface area (Å²) in [6.07, 6.45) is 0.477. The van der Waals surface area contributed by atoms with Gasteiger partial charge in [0.05, 0.1) is 0 Å². The molecule has 0 aliphatic rings. The van der Waals surface area contributed by atoms with Crippen LogP contribution in [0.5, 0.6) is 5.75 Å². The first-order valence-corrected chi connectivity index (χ1v) is 13.9. The number of hydrogen-bond donors (Lipinski definition) is 7. The molecule has 12 heteroatoms. The van der Waals surface area contributed by atoms with Crippen molar-refractivity contribution in [2.24, 2.45) is 17.4 Å². The maximum absolute atomic E-state index is 13.5. The molecule has 12 nitrogen and oxygen atoms in total. The zero-order valence-electron chi connectivity index (χ0n) is 24.3. The average Bonchev–Trinajstić information content (AvgIpc) is 2.96. The van der Waals surface area contributed by atoms with Crippen molar-refractivity contribution < 1.29 is 29.1 Å². The highest BCUT2D eigenvalue weighted by Gasteiger charge is 2.32. The Kier molecular flexibility index (Phi) is 13.4. The lowest BCUT2D eigenvalue weighted by Crippen LogP contribution is -2.58. The number of nitrogens with two attached hydrogens (primary N) is 2. The Hall–Kier alpha value is -4.45. The average molecular weight is 583 g/mol. The first-order valence-electron chi connectivity index (χ1n) is 13.9. The van der Waals surface area contributed by atoms with Gasteiger partial charge in [0.2, 0.25) is 29.5 Å². The Morgan fingerprint density at radius 1 is 0.810 bits per heavy atom. The van der Waals surface area contributed by atoms with E-state index in [1.165, 1.54) is 19.1 Å². The van der Waals surface area contributed by atoms with Crippen LogP contribution in [0.15, 0.2) is 48.5 Å². The smallest absolute Gasteiger partial charge is 0.243 e. The van der Waals surface area contributed by atoms with Crippen LogP contribution in [0.4, 0.5) is 0 Å². The number of carbonyl (C=O) groups excluding carboxylic acids is 5. The van der Waals surface area contributed by atoms with Gasteiger partial charge in [0.1, 0.15) is 23.9 Å². The van der Waals surface area contributed by atoms with Crippen molar-refractivity contribution in [1.82, 2.24) is 21.3 Å². The molecule has 0 spiro atoms. The Bertz CT molecular complexity index is 1220. The number of phenols is 1. The normalized spacial score (nSPS) is 13.6. The van der Waals surface area contributed by atoms with E-state index >= 15 is 0 Å². The van der Waals surface area contributed by atoms with Crippen LogP contribution in [-0.2, 0) is 43.5 Å². The summed E-state index contributed by atoms with van der Waals surface area (Å²) in [5.41, 5.74) is 13.4. The molecule has 0 aliphatic heterocycles. The number of benzene rings is 2. The van der Waals surface area contributed by atoms with Gasteiger partial charge < -0.3 is 37.8 Å². The van der Waals surface area contributed by atoms with Gasteiger partial charge in [-0.2, -0.15) is 0 Å². The molecule has 0 aliphatic carbocycles. The molecule has 0 saturated heterocycles. The van der Waals surface area contributed by atoms with Crippen LogP contribution in [-0.4, -0.2) is 52.8 Å². The second-order valence-corrected chi connectivity index (χ2v) is 10.3. The van der Waals surface area contributed by atoms with Crippen LogP contribution < -0.4 is 32.7 Å².